The summed E-state index contributed by atoms with van der Waals surface area (Å²) in [4.78, 5) is 4.30. The maximum absolute atomic E-state index is 4.30. The zero-order valence-electron chi connectivity index (χ0n) is 4.72. The Hall–Kier alpha value is 0.500. The van der Waals surface area contributed by atoms with E-state index in [2.05, 4.69) is 27.8 Å². The van der Waals surface area contributed by atoms with Crippen LogP contribution in [-0.4, -0.2) is 15.7 Å². The van der Waals surface area contributed by atoms with Crippen molar-refractivity contribution in [3.8, 4) is 0 Å². The van der Waals surface area contributed by atoms with Crippen LogP contribution in [0.15, 0.2) is 4.99 Å². The van der Waals surface area contributed by atoms with E-state index in [1.54, 1.807) is 11.8 Å². The molecule has 0 amide bonds. The molecular weight excluding hydrogens is 186 g/mol. The smallest absolute Gasteiger partial charge is 0.134 e. The fourth-order valence-corrected chi connectivity index (χ4v) is 2.14. The van der Waals surface area contributed by atoms with Gasteiger partial charge in [0.1, 0.15) is 3.95 Å². The molecule has 0 saturated heterocycles. The molecule has 0 aromatic carbocycles. The van der Waals surface area contributed by atoms with Crippen molar-refractivity contribution < 1.29 is 0 Å². The lowest BCUT2D eigenvalue weighted by atomic mass is 10.3. The summed E-state index contributed by atoms with van der Waals surface area (Å²) in [6.07, 6.45) is 1.17. The van der Waals surface area contributed by atoms with E-state index in [9.17, 15) is 0 Å². The summed E-state index contributed by atoms with van der Waals surface area (Å²) >= 11 is 5.13. The van der Waals surface area contributed by atoms with Crippen LogP contribution in [-0.2, 0) is 0 Å². The lowest BCUT2D eigenvalue weighted by Crippen LogP contribution is -1.98. The maximum Gasteiger partial charge on any atom is 0.134 e. The average molecular weight is 194 g/mol. The van der Waals surface area contributed by atoms with Crippen molar-refractivity contribution in [3.63, 3.8) is 0 Å². The first kappa shape index (κ1) is 6.62. The fourth-order valence-electron chi connectivity index (χ4n) is 0.592. The molecule has 0 spiro atoms. The van der Waals surface area contributed by atoms with Crippen LogP contribution in [0.2, 0.25) is 0 Å². The molecule has 8 heavy (non-hydrogen) atoms. The Balaban J connectivity index is 2.41. The van der Waals surface area contributed by atoms with E-state index in [1.807, 2.05) is 0 Å². The van der Waals surface area contributed by atoms with Gasteiger partial charge in [0.05, 0.1) is 6.04 Å². The quantitative estimate of drug-likeness (QED) is 0.623. The Morgan fingerprint density at radius 2 is 2.75 bits per heavy atom. The monoisotopic (exact) mass is 193 g/mol. The van der Waals surface area contributed by atoms with Crippen molar-refractivity contribution in [2.24, 2.45) is 4.99 Å². The van der Waals surface area contributed by atoms with Crippen molar-refractivity contribution in [3.05, 3.63) is 0 Å². The van der Waals surface area contributed by atoms with Gasteiger partial charge in [0.25, 0.3) is 0 Å². The molecule has 0 saturated carbocycles. The van der Waals surface area contributed by atoms with Gasteiger partial charge in [-0.2, -0.15) is 0 Å². The standard InChI is InChI=1S/C5H8BrNS/c1-2-4-3-8-5(6)7-4/h4H,2-3H2,1H3. The highest BCUT2D eigenvalue weighted by atomic mass is 79.9. The molecule has 0 aliphatic carbocycles. The molecule has 0 N–H and O–H groups in total. The molecule has 1 atom stereocenters. The molecule has 1 unspecified atom stereocenters. The minimum absolute atomic E-state index is 0.578. The summed E-state index contributed by atoms with van der Waals surface area (Å²) in [7, 11) is 0. The highest BCUT2D eigenvalue weighted by Crippen LogP contribution is 2.22. The molecule has 1 nitrogen and oxygen atoms in total. The molecule has 1 aliphatic heterocycles. The van der Waals surface area contributed by atoms with Crippen molar-refractivity contribution in [2.75, 3.05) is 5.75 Å². The average Bonchev–Trinajstić information content (AvgIpc) is 2.14. The largest absolute Gasteiger partial charge is 0.267 e. The Bertz CT molecular complexity index is 113. The number of hydrogen-bond acceptors (Lipinski definition) is 2. The van der Waals surface area contributed by atoms with Gasteiger partial charge in [-0.25, -0.2) is 0 Å². The third-order valence-electron chi connectivity index (χ3n) is 1.15. The summed E-state index contributed by atoms with van der Waals surface area (Å²) in [6.45, 7) is 2.17. The van der Waals surface area contributed by atoms with Gasteiger partial charge in [-0.15, -0.1) is 0 Å². The Kier molecular flexibility index (Phi) is 2.38. The zero-order valence-corrected chi connectivity index (χ0v) is 7.13. The van der Waals surface area contributed by atoms with E-state index in [0.717, 1.165) is 9.71 Å². The van der Waals surface area contributed by atoms with Crippen molar-refractivity contribution in [2.45, 2.75) is 19.4 Å². The van der Waals surface area contributed by atoms with Crippen LogP contribution >= 0.6 is 27.7 Å². The molecule has 1 heterocycles. The highest BCUT2D eigenvalue weighted by molar-refractivity contribution is 9.22. The molecule has 0 bridgehead atoms. The summed E-state index contributed by atoms with van der Waals surface area (Å²) in [6, 6.07) is 0.578. The predicted molar refractivity (Wildman–Crippen MR) is 42.9 cm³/mol. The van der Waals surface area contributed by atoms with E-state index in [-0.39, 0.29) is 0 Å². The normalized spacial score (nSPS) is 28.2. The highest BCUT2D eigenvalue weighted by Gasteiger charge is 2.12. The third-order valence-corrected chi connectivity index (χ3v) is 2.94. The van der Waals surface area contributed by atoms with Gasteiger partial charge in [0.2, 0.25) is 0 Å². The van der Waals surface area contributed by atoms with E-state index >= 15 is 0 Å². The first-order chi connectivity index (χ1) is 3.83. The van der Waals surface area contributed by atoms with Crippen LogP contribution in [0.3, 0.4) is 0 Å². The molecule has 0 radical (unpaired) electrons. The Labute approximate surface area is 62.1 Å². The second-order valence-electron chi connectivity index (χ2n) is 1.76. The van der Waals surface area contributed by atoms with Crippen molar-refractivity contribution >= 4 is 31.6 Å². The maximum atomic E-state index is 4.30. The van der Waals surface area contributed by atoms with Crippen LogP contribution in [0.5, 0.6) is 0 Å². The minimum Gasteiger partial charge on any atom is -0.267 e. The summed E-state index contributed by atoms with van der Waals surface area (Å²) in [5, 5.41) is 0. The number of aliphatic imine (C=N–C) groups is 1. The molecule has 0 aromatic heterocycles. The molecule has 46 valence electrons. The summed E-state index contributed by atoms with van der Waals surface area (Å²) in [5.41, 5.74) is 0. The van der Waals surface area contributed by atoms with E-state index in [4.69, 9.17) is 0 Å². The van der Waals surface area contributed by atoms with Crippen LogP contribution in [0, 0.1) is 0 Å². The lowest BCUT2D eigenvalue weighted by Gasteiger charge is -1.95. The molecule has 1 rings (SSSR count). The summed E-state index contributed by atoms with van der Waals surface area (Å²) < 4.78 is 1.07. The summed E-state index contributed by atoms with van der Waals surface area (Å²) in [5.74, 6) is 1.16. The first-order valence-corrected chi connectivity index (χ1v) is 4.47. The third kappa shape index (κ3) is 1.49. The molecular formula is C5H8BrNS. The lowest BCUT2D eigenvalue weighted by molar-refractivity contribution is 0.739. The SMILES string of the molecule is CCC1CSC(Br)=N1. The number of rotatable bonds is 1. The van der Waals surface area contributed by atoms with Gasteiger partial charge in [0, 0.05) is 5.75 Å². The molecule has 1 aliphatic rings. The number of halogens is 1. The van der Waals surface area contributed by atoms with Crippen LogP contribution < -0.4 is 0 Å². The van der Waals surface area contributed by atoms with E-state index < -0.39 is 0 Å². The number of hydrogen-bond donors (Lipinski definition) is 0. The second kappa shape index (κ2) is 2.87. The van der Waals surface area contributed by atoms with Crippen LogP contribution in [0.4, 0.5) is 0 Å². The topological polar surface area (TPSA) is 12.4 Å². The van der Waals surface area contributed by atoms with Gasteiger partial charge in [-0.1, -0.05) is 18.7 Å². The second-order valence-corrected chi connectivity index (χ2v) is 4.04. The van der Waals surface area contributed by atoms with E-state index in [1.165, 1.54) is 6.42 Å². The van der Waals surface area contributed by atoms with E-state index in [0.29, 0.717) is 6.04 Å². The number of nitrogens with zero attached hydrogens (tertiary/aromatic N) is 1. The molecule has 0 aromatic rings. The van der Waals surface area contributed by atoms with Crippen LogP contribution in [0.1, 0.15) is 13.3 Å². The Morgan fingerprint density at radius 3 is 3.00 bits per heavy atom. The van der Waals surface area contributed by atoms with Gasteiger partial charge >= 0.3 is 0 Å². The zero-order chi connectivity index (χ0) is 5.98. The van der Waals surface area contributed by atoms with Gasteiger partial charge in [0.15, 0.2) is 0 Å². The van der Waals surface area contributed by atoms with Crippen LogP contribution in [0.25, 0.3) is 0 Å². The van der Waals surface area contributed by atoms with Gasteiger partial charge in [-0.3, -0.25) is 4.99 Å². The van der Waals surface area contributed by atoms with Gasteiger partial charge in [-0.05, 0) is 22.4 Å². The van der Waals surface area contributed by atoms with Crippen molar-refractivity contribution in [1.82, 2.24) is 0 Å². The number of thioether (sulfide) groups is 1. The molecule has 0 fully saturated rings. The first-order valence-electron chi connectivity index (χ1n) is 2.69. The predicted octanol–water partition coefficient (Wildman–Crippen LogP) is 2.26. The Morgan fingerprint density at radius 1 is 2.00 bits per heavy atom. The fraction of sp³-hybridized carbons (Fsp3) is 0.800. The molecule has 3 heteroatoms. The van der Waals surface area contributed by atoms with Gasteiger partial charge < -0.3 is 0 Å². The van der Waals surface area contributed by atoms with Crippen molar-refractivity contribution in [1.29, 1.82) is 0 Å². The minimum atomic E-state index is 0.578.